The summed E-state index contributed by atoms with van der Waals surface area (Å²) in [5, 5.41) is 9.10. The van der Waals surface area contributed by atoms with Gasteiger partial charge in [-0.25, -0.2) is 9.78 Å². The van der Waals surface area contributed by atoms with Crippen molar-refractivity contribution in [1.82, 2.24) is 0 Å². The lowest BCUT2D eigenvalue weighted by molar-refractivity contribution is -0.409. The zero-order valence-electron chi connectivity index (χ0n) is 17.6. The number of aliphatic carboxylic acids is 1. The van der Waals surface area contributed by atoms with Gasteiger partial charge in [-0.05, 0) is 37.5 Å². The number of allylic oxidation sites excluding steroid dienone is 1. The Morgan fingerprint density at radius 2 is 2.00 bits per heavy atom. The van der Waals surface area contributed by atoms with E-state index in [0.29, 0.717) is 0 Å². The number of carboxylic acid groups (broad SMARTS) is 1. The molecule has 0 amide bonds. The number of unbranched alkanes of at least 4 members (excludes halogenated alkanes) is 1. The molecule has 0 saturated carbocycles. The molecule has 0 radical (unpaired) electrons. The minimum atomic E-state index is -0.826. The molecule has 1 aliphatic rings. The van der Waals surface area contributed by atoms with Gasteiger partial charge in [-0.3, -0.25) is 4.79 Å². The summed E-state index contributed by atoms with van der Waals surface area (Å²) in [7, 11) is 0. The summed E-state index contributed by atoms with van der Waals surface area (Å²) in [5.74, 6) is 0.130. The Morgan fingerprint density at radius 1 is 1.27 bits per heavy atom. The molecule has 1 unspecified atom stereocenters. The van der Waals surface area contributed by atoms with E-state index in [0.717, 1.165) is 38.0 Å². The molecule has 0 spiro atoms. The Balaban J connectivity index is 2.89. The van der Waals surface area contributed by atoms with Gasteiger partial charge in [0.05, 0.1) is 6.42 Å². The van der Waals surface area contributed by atoms with Gasteiger partial charge >= 0.3 is 5.97 Å². The predicted octanol–water partition coefficient (Wildman–Crippen LogP) is 6.30. The second kappa shape index (κ2) is 11.8. The maximum absolute atomic E-state index is 11.1. The molecule has 4 atom stereocenters. The molecular weight excluding hydrogens is 328 g/mol. The van der Waals surface area contributed by atoms with Crippen LogP contribution in [-0.2, 0) is 14.6 Å². The van der Waals surface area contributed by atoms with Gasteiger partial charge in [-0.1, -0.05) is 78.4 Å². The maximum Gasteiger partial charge on any atom is 0.306 e. The van der Waals surface area contributed by atoms with Crippen LogP contribution >= 0.6 is 0 Å². The molecule has 0 aliphatic carbocycles. The lowest BCUT2D eigenvalue weighted by atomic mass is 9.79. The Bertz CT molecular complexity index is 445. The molecule has 1 aliphatic heterocycles. The number of carboxylic acids is 1. The maximum atomic E-state index is 11.1. The van der Waals surface area contributed by atoms with Crippen molar-refractivity contribution >= 4 is 5.97 Å². The number of hydrogen-bond donors (Lipinski definition) is 1. The Hall–Kier alpha value is -0.870. The summed E-state index contributed by atoms with van der Waals surface area (Å²) in [6.45, 7) is 11.0. The van der Waals surface area contributed by atoms with Crippen LogP contribution in [0.2, 0.25) is 0 Å². The van der Waals surface area contributed by atoms with Crippen molar-refractivity contribution in [3.8, 4) is 0 Å². The predicted molar refractivity (Wildman–Crippen MR) is 106 cm³/mol. The van der Waals surface area contributed by atoms with Crippen LogP contribution in [0.4, 0.5) is 0 Å². The van der Waals surface area contributed by atoms with Crippen LogP contribution in [0, 0.1) is 11.8 Å². The first-order chi connectivity index (χ1) is 12.4. The van der Waals surface area contributed by atoms with Crippen LogP contribution < -0.4 is 0 Å². The van der Waals surface area contributed by atoms with E-state index < -0.39 is 11.6 Å². The largest absolute Gasteiger partial charge is 0.481 e. The number of hydrogen-bond acceptors (Lipinski definition) is 3. The summed E-state index contributed by atoms with van der Waals surface area (Å²) in [4.78, 5) is 22.5. The highest BCUT2D eigenvalue weighted by Crippen LogP contribution is 2.39. The summed E-state index contributed by atoms with van der Waals surface area (Å²) in [6.07, 6.45) is 11.8. The normalized spacial score (nSPS) is 28.1. The highest BCUT2D eigenvalue weighted by Gasteiger charge is 2.41. The standard InChI is InChI=1S/C22H40O4/c1-6-11-12-17(7-2)13-18(8-3)15-22(10-5)16-19(9-4)20(25-26-22)14-21(23)24/h15,17,19-20H,6-14,16H2,1-5H3,(H,23,24)/t17?,19-,20+,22-/m1/s1. The van der Waals surface area contributed by atoms with E-state index in [1.807, 2.05) is 0 Å². The molecular formula is C22H40O4. The lowest BCUT2D eigenvalue weighted by Crippen LogP contribution is -2.44. The third kappa shape index (κ3) is 7.03. The molecule has 1 heterocycles. The van der Waals surface area contributed by atoms with Crippen molar-refractivity contribution in [2.75, 3.05) is 0 Å². The minimum absolute atomic E-state index is 0.0115. The van der Waals surface area contributed by atoms with Gasteiger partial charge in [-0.2, -0.15) is 0 Å². The fourth-order valence-corrected chi connectivity index (χ4v) is 4.01. The van der Waals surface area contributed by atoms with E-state index in [9.17, 15) is 4.79 Å². The first kappa shape index (κ1) is 23.2. The van der Waals surface area contributed by atoms with Crippen molar-refractivity contribution in [3.63, 3.8) is 0 Å². The molecule has 1 fully saturated rings. The first-order valence-corrected chi connectivity index (χ1v) is 10.7. The minimum Gasteiger partial charge on any atom is -0.481 e. The van der Waals surface area contributed by atoms with Crippen LogP contribution in [0.15, 0.2) is 11.6 Å². The molecule has 0 aromatic rings. The fourth-order valence-electron chi connectivity index (χ4n) is 4.01. The molecule has 1 rings (SSSR count). The van der Waals surface area contributed by atoms with Gasteiger partial charge in [0.1, 0.15) is 11.7 Å². The number of carbonyl (C=O) groups is 1. The third-order valence-electron chi connectivity index (χ3n) is 5.99. The van der Waals surface area contributed by atoms with Gasteiger partial charge in [0.2, 0.25) is 0 Å². The van der Waals surface area contributed by atoms with E-state index in [1.165, 1.54) is 31.3 Å². The highest BCUT2D eigenvalue weighted by molar-refractivity contribution is 5.67. The van der Waals surface area contributed by atoms with Gasteiger partial charge in [0.15, 0.2) is 0 Å². The second-order valence-corrected chi connectivity index (χ2v) is 7.88. The van der Waals surface area contributed by atoms with Crippen LogP contribution in [-0.4, -0.2) is 22.8 Å². The van der Waals surface area contributed by atoms with Crippen LogP contribution in [0.25, 0.3) is 0 Å². The molecule has 4 heteroatoms. The van der Waals surface area contributed by atoms with E-state index in [4.69, 9.17) is 14.9 Å². The average molecular weight is 369 g/mol. The van der Waals surface area contributed by atoms with Crippen LogP contribution in [0.5, 0.6) is 0 Å². The summed E-state index contributed by atoms with van der Waals surface area (Å²) in [5.41, 5.74) is 1.04. The monoisotopic (exact) mass is 368 g/mol. The topological polar surface area (TPSA) is 55.8 Å². The van der Waals surface area contributed by atoms with Crippen molar-refractivity contribution < 1.29 is 19.7 Å². The lowest BCUT2D eigenvalue weighted by Gasteiger charge is -2.41. The van der Waals surface area contributed by atoms with Crippen LogP contribution in [0.3, 0.4) is 0 Å². The first-order valence-electron chi connectivity index (χ1n) is 10.7. The van der Waals surface area contributed by atoms with Gasteiger partial charge in [0, 0.05) is 0 Å². The van der Waals surface area contributed by atoms with E-state index >= 15 is 0 Å². The van der Waals surface area contributed by atoms with E-state index in [-0.39, 0.29) is 18.4 Å². The van der Waals surface area contributed by atoms with E-state index in [1.54, 1.807) is 0 Å². The van der Waals surface area contributed by atoms with Gasteiger partial charge in [-0.15, -0.1) is 0 Å². The average Bonchev–Trinajstić information content (AvgIpc) is 2.65. The number of rotatable bonds is 12. The zero-order valence-corrected chi connectivity index (χ0v) is 17.6. The smallest absolute Gasteiger partial charge is 0.306 e. The highest BCUT2D eigenvalue weighted by atomic mass is 17.2. The Kier molecular flexibility index (Phi) is 10.5. The van der Waals surface area contributed by atoms with Crippen LogP contribution in [0.1, 0.15) is 98.8 Å². The molecule has 26 heavy (non-hydrogen) atoms. The molecule has 0 aromatic heterocycles. The SMILES string of the molecule is CCCCC(CC)CC(=C[C@]1(CC)C[C@@H](CC)[C@H](CC(=O)O)OO1)CC. The van der Waals surface area contributed by atoms with Gasteiger partial charge < -0.3 is 5.11 Å². The second-order valence-electron chi connectivity index (χ2n) is 7.88. The Morgan fingerprint density at radius 3 is 2.50 bits per heavy atom. The van der Waals surface area contributed by atoms with Crippen molar-refractivity contribution in [2.45, 2.75) is 111 Å². The summed E-state index contributed by atoms with van der Waals surface area (Å²) < 4.78 is 0. The van der Waals surface area contributed by atoms with E-state index in [2.05, 4.69) is 40.7 Å². The Labute approximate surface area is 160 Å². The summed E-state index contributed by atoms with van der Waals surface area (Å²) >= 11 is 0. The molecule has 4 nitrogen and oxygen atoms in total. The molecule has 0 aromatic carbocycles. The van der Waals surface area contributed by atoms with Crippen molar-refractivity contribution in [2.24, 2.45) is 11.8 Å². The molecule has 1 N–H and O–H groups in total. The molecule has 152 valence electrons. The van der Waals surface area contributed by atoms with Crippen molar-refractivity contribution in [1.29, 1.82) is 0 Å². The fraction of sp³-hybridized carbons (Fsp3) is 0.864. The molecule has 1 saturated heterocycles. The third-order valence-corrected chi connectivity index (χ3v) is 5.99. The van der Waals surface area contributed by atoms with Crippen molar-refractivity contribution in [3.05, 3.63) is 11.6 Å². The molecule has 0 bridgehead atoms. The quantitative estimate of drug-likeness (QED) is 0.324. The van der Waals surface area contributed by atoms with Gasteiger partial charge in [0.25, 0.3) is 0 Å². The summed E-state index contributed by atoms with van der Waals surface area (Å²) in [6, 6.07) is 0. The zero-order chi connectivity index (χ0) is 19.6.